The van der Waals surface area contributed by atoms with Crippen molar-refractivity contribution in [1.29, 1.82) is 5.26 Å². The Morgan fingerprint density at radius 1 is 0.547 bits per heavy atom. The minimum absolute atomic E-state index is 0. The van der Waals surface area contributed by atoms with Crippen LogP contribution in [0.4, 0.5) is 17.3 Å². The molecule has 1 aromatic carbocycles. The molecule has 7 nitrogen and oxygen atoms in total. The molecule has 0 N–H and O–H groups in total. The van der Waals surface area contributed by atoms with Gasteiger partial charge in [-0.15, -0.1) is 0 Å². The van der Waals surface area contributed by atoms with E-state index in [0.717, 1.165) is 62.2 Å². The third-order valence-electron chi connectivity index (χ3n) is 10.9. The maximum Gasteiger partial charge on any atom is 0.131 e. The van der Waals surface area contributed by atoms with Gasteiger partial charge in [0.2, 0.25) is 0 Å². The smallest absolute Gasteiger partial charge is 0.131 e. The maximum absolute atomic E-state index is 9.37. The summed E-state index contributed by atoms with van der Waals surface area (Å²) in [5.41, 5.74) is 12.3. The van der Waals surface area contributed by atoms with Crippen LogP contribution >= 0.6 is 0 Å². The van der Waals surface area contributed by atoms with Crippen LogP contribution in [0.1, 0.15) is 156 Å². The Morgan fingerprint density at radius 2 is 0.962 bits per heavy atom. The minimum atomic E-state index is 0. The Balaban J connectivity index is 0.000000212. The third-order valence-corrected chi connectivity index (χ3v) is 10.9. The molecule has 7 heteroatoms. The van der Waals surface area contributed by atoms with E-state index in [9.17, 15) is 5.26 Å². The number of hydrogen-bond donors (Lipinski definition) is 0. The minimum Gasteiger partial charge on any atom is -0.378 e. The van der Waals surface area contributed by atoms with Crippen molar-refractivity contribution in [2.24, 2.45) is 0 Å². The Labute approximate surface area is 324 Å². The molecule has 0 amide bonds. The van der Waals surface area contributed by atoms with Gasteiger partial charge in [0.1, 0.15) is 17.7 Å². The van der Waals surface area contributed by atoms with Gasteiger partial charge in [0.05, 0.1) is 24.5 Å². The fraction of sp³-hybridized carbons (Fsp3) is 0.630. The van der Waals surface area contributed by atoms with Crippen LogP contribution < -0.4 is 14.7 Å². The Morgan fingerprint density at radius 3 is 1.38 bits per heavy atom. The summed E-state index contributed by atoms with van der Waals surface area (Å²) < 4.78 is 5.38. The Bertz CT molecular complexity index is 1560. The van der Waals surface area contributed by atoms with E-state index >= 15 is 0 Å². The summed E-state index contributed by atoms with van der Waals surface area (Å²) in [5, 5.41) is 9.37. The van der Waals surface area contributed by atoms with E-state index in [0.29, 0.717) is 17.8 Å². The second kappa shape index (κ2) is 20.7. The first-order valence-corrected chi connectivity index (χ1v) is 20.2. The van der Waals surface area contributed by atoms with Crippen LogP contribution in [-0.4, -0.2) is 62.5 Å². The summed E-state index contributed by atoms with van der Waals surface area (Å²) in [6, 6.07) is 11.3. The maximum atomic E-state index is 9.37. The fourth-order valence-electron chi connectivity index (χ4n) is 7.94. The zero-order valence-electron chi connectivity index (χ0n) is 34.5. The van der Waals surface area contributed by atoms with E-state index < -0.39 is 0 Å². The number of hydrogen-bond acceptors (Lipinski definition) is 7. The van der Waals surface area contributed by atoms with Gasteiger partial charge in [-0.2, -0.15) is 5.26 Å². The molecule has 3 aliphatic heterocycles. The number of morpholine rings is 1. The summed E-state index contributed by atoms with van der Waals surface area (Å²) in [5.74, 6) is 3.94. The highest BCUT2D eigenvalue weighted by Gasteiger charge is 2.19. The molecule has 3 aliphatic rings. The first-order valence-electron chi connectivity index (χ1n) is 20.2. The SMILES string of the molecule is C.Cc1cc(C(C)C)c(C)nc1N1CCCCC1.Cc1cc(C(C)C)c(C)nc1N1CCOCC1.Cc1cc(N2CCCCC2)c(C#N)cc1C(C)C. The molecule has 2 aromatic heterocycles. The van der Waals surface area contributed by atoms with Gasteiger partial charge in [0.15, 0.2) is 0 Å². The fourth-order valence-corrected chi connectivity index (χ4v) is 7.94. The van der Waals surface area contributed by atoms with Crippen LogP contribution in [0.5, 0.6) is 0 Å². The van der Waals surface area contributed by atoms with Gasteiger partial charge in [-0.3, -0.25) is 0 Å². The number of aryl methyl sites for hydroxylation is 5. The molecule has 3 aromatic rings. The molecule has 53 heavy (non-hydrogen) atoms. The molecular formula is C46H72N6O. The highest BCUT2D eigenvalue weighted by atomic mass is 16.5. The number of nitriles is 1. The molecule has 0 radical (unpaired) electrons. The molecule has 0 aliphatic carbocycles. The predicted octanol–water partition coefficient (Wildman–Crippen LogP) is 11.1. The van der Waals surface area contributed by atoms with Gasteiger partial charge in [-0.1, -0.05) is 61.1 Å². The average molecular weight is 725 g/mol. The van der Waals surface area contributed by atoms with Gasteiger partial charge in [-0.25, -0.2) is 9.97 Å². The molecule has 0 atom stereocenters. The van der Waals surface area contributed by atoms with Gasteiger partial charge in [-0.05, 0) is 136 Å². The molecule has 0 spiro atoms. The molecule has 5 heterocycles. The highest BCUT2D eigenvalue weighted by molar-refractivity contribution is 5.63. The number of nitrogens with zero attached hydrogens (tertiary/aromatic N) is 6. The van der Waals surface area contributed by atoms with E-state index in [4.69, 9.17) is 14.7 Å². The second-order valence-corrected chi connectivity index (χ2v) is 16.1. The lowest BCUT2D eigenvalue weighted by atomic mass is 9.94. The van der Waals surface area contributed by atoms with Crippen molar-refractivity contribution >= 4 is 17.3 Å². The zero-order valence-corrected chi connectivity index (χ0v) is 34.5. The molecule has 0 bridgehead atoms. The first-order chi connectivity index (χ1) is 24.8. The topological polar surface area (TPSA) is 68.5 Å². The summed E-state index contributed by atoms with van der Waals surface area (Å²) in [6.07, 6.45) is 7.81. The molecule has 3 saturated heterocycles. The van der Waals surface area contributed by atoms with Crippen LogP contribution in [0.2, 0.25) is 0 Å². The van der Waals surface area contributed by atoms with Crippen molar-refractivity contribution in [2.45, 2.75) is 140 Å². The van der Waals surface area contributed by atoms with Gasteiger partial charge in [0.25, 0.3) is 0 Å². The van der Waals surface area contributed by atoms with Gasteiger partial charge in [0, 0.05) is 50.7 Å². The van der Waals surface area contributed by atoms with E-state index in [2.05, 4.69) is 121 Å². The summed E-state index contributed by atoms with van der Waals surface area (Å²) in [6.45, 7) is 32.1. The summed E-state index contributed by atoms with van der Waals surface area (Å²) >= 11 is 0. The van der Waals surface area contributed by atoms with Crippen molar-refractivity contribution in [2.75, 3.05) is 67.2 Å². The number of anilines is 3. The predicted molar refractivity (Wildman–Crippen MR) is 227 cm³/mol. The van der Waals surface area contributed by atoms with Crippen molar-refractivity contribution in [3.8, 4) is 6.07 Å². The number of benzene rings is 1. The third kappa shape index (κ3) is 11.7. The monoisotopic (exact) mass is 725 g/mol. The average Bonchev–Trinajstić information content (AvgIpc) is 3.14. The van der Waals surface area contributed by atoms with E-state index in [1.54, 1.807) is 0 Å². The lowest BCUT2D eigenvalue weighted by Gasteiger charge is -2.30. The molecule has 292 valence electrons. The van der Waals surface area contributed by atoms with Crippen LogP contribution in [0.3, 0.4) is 0 Å². The van der Waals surface area contributed by atoms with E-state index in [1.807, 2.05) is 0 Å². The number of pyridine rings is 2. The number of aromatic nitrogens is 2. The van der Waals surface area contributed by atoms with Crippen molar-refractivity contribution in [1.82, 2.24) is 9.97 Å². The lowest BCUT2D eigenvalue weighted by Crippen LogP contribution is -2.37. The van der Waals surface area contributed by atoms with E-state index in [1.165, 1.54) is 96.5 Å². The number of rotatable bonds is 6. The van der Waals surface area contributed by atoms with Crippen LogP contribution in [-0.2, 0) is 4.74 Å². The number of piperidine rings is 2. The van der Waals surface area contributed by atoms with Crippen LogP contribution in [0, 0.1) is 45.9 Å². The first kappa shape index (κ1) is 43.8. The van der Waals surface area contributed by atoms with Crippen molar-refractivity contribution in [3.63, 3.8) is 0 Å². The zero-order chi connectivity index (χ0) is 37.9. The van der Waals surface area contributed by atoms with Crippen LogP contribution in [0.15, 0.2) is 24.3 Å². The molecule has 0 unspecified atom stereocenters. The summed E-state index contributed by atoms with van der Waals surface area (Å²) in [4.78, 5) is 16.8. The van der Waals surface area contributed by atoms with Gasteiger partial charge >= 0.3 is 0 Å². The standard InChI is InChI=1S/C16H22N2.C15H24N2.C14H22N2O.CH4/c1-12(2)15-10-14(11-17)16(9-13(15)3)18-7-5-4-6-8-18;1-11(2)14-10-12(3)15(16-13(14)4)17-8-6-5-7-9-17;1-10(2)13-9-11(3)14(15-12(13)4)16-5-7-17-8-6-16;/h9-10,12H,4-8H2,1-3H3;10-11H,5-9H2,1-4H3;9-10H,5-8H2,1-4H3;1H4. The molecule has 3 fully saturated rings. The number of ether oxygens (including phenoxy) is 1. The Kier molecular flexibility index (Phi) is 17.1. The van der Waals surface area contributed by atoms with Crippen LogP contribution in [0.25, 0.3) is 0 Å². The quantitative estimate of drug-likeness (QED) is 0.251. The highest BCUT2D eigenvalue weighted by Crippen LogP contribution is 2.31. The molecular weight excluding hydrogens is 653 g/mol. The van der Waals surface area contributed by atoms with Crippen molar-refractivity contribution < 1.29 is 4.74 Å². The molecule has 6 rings (SSSR count). The van der Waals surface area contributed by atoms with Gasteiger partial charge < -0.3 is 19.4 Å². The van der Waals surface area contributed by atoms with Crippen molar-refractivity contribution in [3.05, 3.63) is 74.6 Å². The molecule has 0 saturated carbocycles. The second-order valence-electron chi connectivity index (χ2n) is 16.1. The normalized spacial score (nSPS) is 16.1. The summed E-state index contributed by atoms with van der Waals surface area (Å²) in [7, 11) is 0. The lowest BCUT2D eigenvalue weighted by molar-refractivity contribution is 0.122. The Hall–Kier alpha value is -3.63. The largest absolute Gasteiger partial charge is 0.378 e. The van der Waals surface area contributed by atoms with E-state index in [-0.39, 0.29) is 7.43 Å².